The summed E-state index contributed by atoms with van der Waals surface area (Å²) in [6.07, 6.45) is 2.30. The van der Waals surface area contributed by atoms with Crippen LogP contribution in [-0.2, 0) is 17.7 Å². The van der Waals surface area contributed by atoms with Crippen molar-refractivity contribution in [2.75, 3.05) is 6.54 Å². The standard InChI is InChI=1S/C16H21N3O4/c1-16(2,3)23-15(20)18-6-4-5-11-7-12-9-17-10-13(12)8-14(11)19(21)22/h7-8,10H,4-6,9H2,1-3H3,(H,18,20). The van der Waals surface area contributed by atoms with Crippen molar-refractivity contribution in [3.05, 3.63) is 38.9 Å². The second-order valence-electron chi connectivity index (χ2n) is 6.44. The van der Waals surface area contributed by atoms with Crippen LogP contribution in [0.5, 0.6) is 0 Å². The van der Waals surface area contributed by atoms with Crippen molar-refractivity contribution in [2.45, 2.75) is 45.8 Å². The third-order valence-electron chi connectivity index (χ3n) is 3.32. The Hall–Kier alpha value is -2.44. The zero-order valence-electron chi connectivity index (χ0n) is 13.6. The number of aliphatic imine (C=N–C) groups is 1. The van der Waals surface area contributed by atoms with E-state index in [9.17, 15) is 14.9 Å². The summed E-state index contributed by atoms with van der Waals surface area (Å²) < 4.78 is 5.14. The smallest absolute Gasteiger partial charge is 0.407 e. The van der Waals surface area contributed by atoms with E-state index in [1.165, 1.54) is 0 Å². The Bertz CT molecular complexity index is 647. The number of nitro groups is 1. The zero-order valence-corrected chi connectivity index (χ0v) is 13.6. The Morgan fingerprint density at radius 2 is 2.17 bits per heavy atom. The van der Waals surface area contributed by atoms with Crippen molar-refractivity contribution in [3.63, 3.8) is 0 Å². The highest BCUT2D eigenvalue weighted by molar-refractivity contribution is 5.85. The first-order valence-electron chi connectivity index (χ1n) is 7.53. The molecule has 1 aromatic rings. The molecule has 2 rings (SSSR count). The molecule has 1 N–H and O–H groups in total. The lowest BCUT2D eigenvalue weighted by Crippen LogP contribution is -2.33. The third kappa shape index (κ3) is 4.77. The minimum atomic E-state index is -0.539. The fourth-order valence-corrected chi connectivity index (χ4v) is 2.35. The molecule has 23 heavy (non-hydrogen) atoms. The molecule has 0 bridgehead atoms. The van der Waals surface area contributed by atoms with Crippen LogP contribution < -0.4 is 5.32 Å². The van der Waals surface area contributed by atoms with Crippen LogP contribution in [0.2, 0.25) is 0 Å². The average molecular weight is 319 g/mol. The van der Waals surface area contributed by atoms with Crippen LogP contribution in [0.1, 0.15) is 43.9 Å². The molecule has 1 aliphatic heterocycles. The normalized spacial score (nSPS) is 12.8. The number of aryl methyl sites for hydroxylation is 1. The topological polar surface area (TPSA) is 93.8 Å². The minimum absolute atomic E-state index is 0.106. The van der Waals surface area contributed by atoms with Gasteiger partial charge in [-0.25, -0.2) is 4.79 Å². The summed E-state index contributed by atoms with van der Waals surface area (Å²) in [5, 5.41) is 13.8. The molecule has 0 aromatic heterocycles. The van der Waals surface area contributed by atoms with Gasteiger partial charge in [-0.1, -0.05) is 0 Å². The minimum Gasteiger partial charge on any atom is -0.444 e. The van der Waals surface area contributed by atoms with Crippen molar-refractivity contribution >= 4 is 18.0 Å². The summed E-state index contributed by atoms with van der Waals surface area (Å²) in [6.45, 7) is 6.35. The van der Waals surface area contributed by atoms with Gasteiger partial charge in [0, 0.05) is 30.0 Å². The lowest BCUT2D eigenvalue weighted by atomic mass is 10.0. The van der Waals surface area contributed by atoms with Gasteiger partial charge < -0.3 is 10.1 Å². The van der Waals surface area contributed by atoms with Crippen LogP contribution in [0, 0.1) is 10.1 Å². The van der Waals surface area contributed by atoms with Gasteiger partial charge in [0.2, 0.25) is 0 Å². The van der Waals surface area contributed by atoms with Crippen molar-refractivity contribution in [1.29, 1.82) is 0 Å². The third-order valence-corrected chi connectivity index (χ3v) is 3.32. The van der Waals surface area contributed by atoms with Crippen LogP contribution >= 0.6 is 0 Å². The van der Waals surface area contributed by atoms with E-state index in [1.807, 2.05) is 6.07 Å². The SMILES string of the molecule is CC(C)(C)OC(=O)NCCCc1cc2c(cc1[N+](=O)[O-])C=NC2. The predicted molar refractivity (Wildman–Crippen MR) is 87.0 cm³/mol. The fourth-order valence-electron chi connectivity index (χ4n) is 2.35. The van der Waals surface area contributed by atoms with Gasteiger partial charge in [-0.3, -0.25) is 15.1 Å². The summed E-state index contributed by atoms with van der Waals surface area (Å²) in [6, 6.07) is 3.41. The molecule has 0 saturated heterocycles. The van der Waals surface area contributed by atoms with Crippen LogP contribution in [0.15, 0.2) is 17.1 Å². The summed E-state index contributed by atoms with van der Waals surface area (Å²) in [5.74, 6) is 0. The Kier molecular flexibility index (Phi) is 4.98. The molecule has 124 valence electrons. The summed E-state index contributed by atoms with van der Waals surface area (Å²) in [4.78, 5) is 26.5. The molecule has 1 heterocycles. The molecule has 0 spiro atoms. The van der Waals surface area contributed by atoms with Gasteiger partial charge in [0.15, 0.2) is 0 Å². The fraction of sp³-hybridized carbons (Fsp3) is 0.500. The molecular formula is C16H21N3O4. The van der Waals surface area contributed by atoms with E-state index in [-0.39, 0.29) is 10.6 Å². The van der Waals surface area contributed by atoms with Gasteiger partial charge in [-0.05, 0) is 45.2 Å². The first-order valence-corrected chi connectivity index (χ1v) is 7.53. The van der Waals surface area contributed by atoms with E-state index in [2.05, 4.69) is 10.3 Å². The highest BCUT2D eigenvalue weighted by atomic mass is 16.6. The molecule has 0 saturated carbocycles. The number of rotatable bonds is 5. The van der Waals surface area contributed by atoms with Gasteiger partial charge in [0.1, 0.15) is 5.60 Å². The second-order valence-corrected chi connectivity index (χ2v) is 6.44. The van der Waals surface area contributed by atoms with E-state index in [1.54, 1.807) is 33.1 Å². The highest BCUT2D eigenvalue weighted by Gasteiger charge is 2.19. The summed E-state index contributed by atoms with van der Waals surface area (Å²) in [7, 11) is 0. The van der Waals surface area contributed by atoms with Gasteiger partial charge in [0.05, 0.1) is 11.5 Å². The quantitative estimate of drug-likeness (QED) is 0.513. The van der Waals surface area contributed by atoms with E-state index in [0.717, 1.165) is 11.1 Å². The number of carbonyl (C=O) groups excluding carboxylic acids is 1. The number of alkyl carbamates (subject to hydrolysis) is 1. The van der Waals surface area contributed by atoms with E-state index < -0.39 is 11.7 Å². The number of nitrogens with one attached hydrogen (secondary N) is 1. The number of hydrogen-bond donors (Lipinski definition) is 1. The number of ether oxygens (including phenoxy) is 1. The van der Waals surface area contributed by atoms with Crippen LogP contribution in [0.25, 0.3) is 0 Å². The first kappa shape index (κ1) is 16.9. The first-order chi connectivity index (χ1) is 10.8. The van der Waals surface area contributed by atoms with Crippen molar-refractivity contribution in [1.82, 2.24) is 5.32 Å². The van der Waals surface area contributed by atoms with E-state index in [4.69, 9.17) is 4.74 Å². The maximum absolute atomic E-state index is 11.5. The Morgan fingerprint density at radius 3 is 2.83 bits per heavy atom. The number of amides is 1. The zero-order chi connectivity index (χ0) is 17.0. The number of nitrogens with zero attached hydrogens (tertiary/aromatic N) is 2. The molecule has 0 unspecified atom stereocenters. The van der Waals surface area contributed by atoms with Crippen molar-refractivity contribution < 1.29 is 14.5 Å². The maximum atomic E-state index is 11.5. The lowest BCUT2D eigenvalue weighted by molar-refractivity contribution is -0.385. The van der Waals surface area contributed by atoms with Gasteiger partial charge in [0.25, 0.3) is 5.69 Å². The molecule has 0 aliphatic carbocycles. The molecule has 0 radical (unpaired) electrons. The Morgan fingerprint density at radius 1 is 1.43 bits per heavy atom. The maximum Gasteiger partial charge on any atom is 0.407 e. The summed E-state index contributed by atoms with van der Waals surface area (Å²) in [5.41, 5.74) is 2.06. The second kappa shape index (κ2) is 6.76. The number of fused-ring (bicyclic) bond motifs is 1. The average Bonchev–Trinajstić information content (AvgIpc) is 2.87. The lowest BCUT2D eigenvalue weighted by Gasteiger charge is -2.19. The molecule has 7 heteroatoms. The largest absolute Gasteiger partial charge is 0.444 e. The van der Waals surface area contributed by atoms with Crippen LogP contribution in [0.4, 0.5) is 10.5 Å². The van der Waals surface area contributed by atoms with Crippen molar-refractivity contribution in [3.8, 4) is 0 Å². The molecule has 1 aromatic carbocycles. The number of benzene rings is 1. The molecule has 1 amide bonds. The molecule has 1 aliphatic rings. The van der Waals surface area contributed by atoms with Gasteiger partial charge in [-0.2, -0.15) is 0 Å². The van der Waals surface area contributed by atoms with Gasteiger partial charge in [-0.15, -0.1) is 0 Å². The molecular weight excluding hydrogens is 298 g/mol. The van der Waals surface area contributed by atoms with E-state index in [0.29, 0.717) is 31.5 Å². The van der Waals surface area contributed by atoms with Crippen LogP contribution in [-0.4, -0.2) is 29.4 Å². The monoisotopic (exact) mass is 319 g/mol. The summed E-state index contributed by atoms with van der Waals surface area (Å²) >= 11 is 0. The number of hydrogen-bond acceptors (Lipinski definition) is 5. The predicted octanol–water partition coefficient (Wildman–Crippen LogP) is 2.98. The van der Waals surface area contributed by atoms with Crippen LogP contribution in [0.3, 0.4) is 0 Å². The number of carbonyl (C=O) groups is 1. The Balaban J connectivity index is 1.91. The molecule has 0 atom stereocenters. The van der Waals surface area contributed by atoms with Crippen molar-refractivity contribution in [2.24, 2.45) is 4.99 Å². The molecule has 0 fully saturated rings. The van der Waals surface area contributed by atoms with Gasteiger partial charge >= 0.3 is 6.09 Å². The number of nitro benzene ring substituents is 1. The van der Waals surface area contributed by atoms with E-state index >= 15 is 0 Å². The Labute approximate surface area is 134 Å². The highest BCUT2D eigenvalue weighted by Crippen LogP contribution is 2.27. The molecule has 7 nitrogen and oxygen atoms in total.